The number of nitrogens with one attached hydrogen (secondary N) is 1. The summed E-state index contributed by atoms with van der Waals surface area (Å²) in [5, 5.41) is 13.2. The van der Waals surface area contributed by atoms with Gasteiger partial charge in [0.25, 0.3) is 16.8 Å². The van der Waals surface area contributed by atoms with Gasteiger partial charge in [-0.15, -0.1) is 11.8 Å². The van der Waals surface area contributed by atoms with Gasteiger partial charge in [-0.2, -0.15) is 0 Å². The van der Waals surface area contributed by atoms with E-state index in [1.165, 1.54) is 36.0 Å². The number of carbonyl (C=O) groups excluding carboxylic acids is 3. The molecule has 0 bridgehead atoms. The monoisotopic (exact) mass is 492 g/mol. The van der Waals surface area contributed by atoms with Crippen LogP contribution in [-0.2, 0) is 15.3 Å². The van der Waals surface area contributed by atoms with Crippen molar-refractivity contribution in [1.82, 2.24) is 15.2 Å². The molecule has 0 unspecified atom stereocenters. The molecule has 0 spiro atoms. The highest BCUT2D eigenvalue weighted by molar-refractivity contribution is 8.18. The fraction of sp³-hybridized carbons (Fsp3) is 0.200. The molecule has 0 radical (unpaired) electrons. The predicted octanol–water partition coefficient (Wildman–Crippen LogP) is 3.73. The van der Waals surface area contributed by atoms with E-state index in [1.54, 1.807) is 6.20 Å². The molecular weight excluding hydrogens is 476 g/mol. The lowest BCUT2D eigenvalue weighted by molar-refractivity contribution is -0.384. The molecule has 1 aliphatic rings. The van der Waals surface area contributed by atoms with E-state index in [1.807, 2.05) is 18.2 Å². The number of imide groups is 1. The number of nitro benzene ring substituents is 1. The Hall–Kier alpha value is -2.89. The van der Waals surface area contributed by atoms with Crippen molar-refractivity contribution in [3.63, 3.8) is 0 Å². The van der Waals surface area contributed by atoms with E-state index in [-0.39, 0.29) is 40.4 Å². The number of hydrogen-bond acceptors (Lipinski definition) is 8. The van der Waals surface area contributed by atoms with Crippen molar-refractivity contribution in [3.05, 3.63) is 73.9 Å². The van der Waals surface area contributed by atoms with Crippen LogP contribution in [0.2, 0.25) is 5.02 Å². The van der Waals surface area contributed by atoms with E-state index in [4.69, 9.17) is 11.6 Å². The molecule has 2 aromatic rings. The minimum Gasteiger partial charge on any atom is -0.354 e. The van der Waals surface area contributed by atoms with Gasteiger partial charge in [-0.05, 0) is 41.6 Å². The molecule has 3 rings (SSSR count). The summed E-state index contributed by atoms with van der Waals surface area (Å²) in [7, 11) is 0. The van der Waals surface area contributed by atoms with E-state index in [0.29, 0.717) is 11.3 Å². The van der Waals surface area contributed by atoms with Crippen LogP contribution in [0.25, 0.3) is 6.08 Å². The molecule has 12 heteroatoms. The summed E-state index contributed by atoms with van der Waals surface area (Å²) >= 11 is 7.94. The first-order valence-electron chi connectivity index (χ1n) is 9.29. The van der Waals surface area contributed by atoms with Gasteiger partial charge in [0, 0.05) is 31.1 Å². The summed E-state index contributed by atoms with van der Waals surface area (Å²) in [6.07, 6.45) is 3.09. The molecule has 1 aromatic carbocycles. The fourth-order valence-electron chi connectivity index (χ4n) is 2.69. The second-order valence-electron chi connectivity index (χ2n) is 6.47. The van der Waals surface area contributed by atoms with Gasteiger partial charge in [-0.3, -0.25) is 34.4 Å². The van der Waals surface area contributed by atoms with Crippen LogP contribution in [-0.4, -0.2) is 50.7 Å². The lowest BCUT2D eigenvalue weighted by Crippen LogP contribution is -2.37. The van der Waals surface area contributed by atoms with Crippen molar-refractivity contribution in [2.45, 2.75) is 5.75 Å². The third kappa shape index (κ3) is 6.31. The third-order valence-corrected chi connectivity index (χ3v) is 6.40. The molecule has 1 aromatic heterocycles. The second-order valence-corrected chi connectivity index (χ2v) is 8.85. The van der Waals surface area contributed by atoms with Crippen LogP contribution in [0.3, 0.4) is 0 Å². The first-order chi connectivity index (χ1) is 15.3. The van der Waals surface area contributed by atoms with Gasteiger partial charge in [-0.1, -0.05) is 23.7 Å². The number of carbonyl (C=O) groups is 3. The number of thioether (sulfide) groups is 2. The van der Waals surface area contributed by atoms with Crippen molar-refractivity contribution in [1.29, 1.82) is 0 Å². The molecule has 1 N–H and O–H groups in total. The van der Waals surface area contributed by atoms with Crippen molar-refractivity contribution in [2.24, 2.45) is 0 Å². The van der Waals surface area contributed by atoms with Crippen molar-refractivity contribution < 1.29 is 19.3 Å². The normalized spacial score (nSPS) is 14.8. The molecule has 0 aliphatic carbocycles. The molecular formula is C20H17ClN4O5S2. The molecule has 2 heterocycles. The maximum Gasteiger partial charge on any atom is 0.293 e. The Labute approximate surface area is 196 Å². The van der Waals surface area contributed by atoms with Gasteiger partial charge in [0.15, 0.2) is 0 Å². The topological polar surface area (TPSA) is 123 Å². The molecule has 3 amide bonds. The summed E-state index contributed by atoms with van der Waals surface area (Å²) < 4.78 is 0. The first-order valence-corrected chi connectivity index (χ1v) is 11.6. The Morgan fingerprint density at radius 2 is 2.12 bits per heavy atom. The van der Waals surface area contributed by atoms with Gasteiger partial charge in [0.05, 0.1) is 21.3 Å². The lowest BCUT2D eigenvalue weighted by Gasteiger charge is -2.12. The number of aromatic nitrogens is 1. The van der Waals surface area contributed by atoms with E-state index < -0.39 is 16.1 Å². The zero-order chi connectivity index (χ0) is 23.1. The third-order valence-electron chi connectivity index (χ3n) is 4.21. The predicted molar refractivity (Wildman–Crippen MR) is 124 cm³/mol. The highest BCUT2D eigenvalue weighted by Crippen LogP contribution is 2.33. The number of hydrogen-bond donors (Lipinski definition) is 1. The molecule has 1 saturated heterocycles. The maximum atomic E-state index is 12.5. The Morgan fingerprint density at radius 3 is 2.84 bits per heavy atom. The Bertz CT molecular complexity index is 1080. The van der Waals surface area contributed by atoms with Crippen LogP contribution < -0.4 is 5.32 Å². The summed E-state index contributed by atoms with van der Waals surface area (Å²) in [4.78, 5) is 52.5. The van der Waals surface area contributed by atoms with Gasteiger partial charge >= 0.3 is 0 Å². The van der Waals surface area contributed by atoms with Crippen LogP contribution in [0.1, 0.15) is 11.3 Å². The van der Waals surface area contributed by atoms with Crippen LogP contribution >= 0.6 is 35.1 Å². The number of amides is 3. The SMILES string of the molecule is O=C(CSCc1ccccn1)NCCN1C(=O)S/C(=C\c2ccc(Cl)c([N+](=O)[O-])c2)C1=O. The summed E-state index contributed by atoms with van der Waals surface area (Å²) in [5.74, 6) is 0.108. The lowest BCUT2D eigenvalue weighted by atomic mass is 10.2. The van der Waals surface area contributed by atoms with Crippen molar-refractivity contribution in [2.75, 3.05) is 18.8 Å². The number of nitro groups is 1. The van der Waals surface area contributed by atoms with Crippen LogP contribution in [0.5, 0.6) is 0 Å². The van der Waals surface area contributed by atoms with Crippen molar-refractivity contribution in [3.8, 4) is 0 Å². The number of rotatable bonds is 9. The van der Waals surface area contributed by atoms with Crippen LogP contribution in [0.4, 0.5) is 10.5 Å². The standard InChI is InChI=1S/C20H17ClN4O5S2/c21-15-5-4-13(9-16(15)25(29)30)10-17-19(27)24(20(28)32-17)8-7-23-18(26)12-31-11-14-3-1-2-6-22-14/h1-6,9-10H,7-8,11-12H2,(H,23,26)/b17-10-. The molecule has 0 saturated carbocycles. The molecule has 32 heavy (non-hydrogen) atoms. The average molecular weight is 493 g/mol. The Morgan fingerprint density at radius 1 is 1.31 bits per heavy atom. The van der Waals surface area contributed by atoms with Gasteiger partial charge in [-0.25, -0.2) is 0 Å². The fourth-order valence-corrected chi connectivity index (χ4v) is 4.51. The molecule has 1 fully saturated rings. The minimum absolute atomic E-state index is 0.0193. The van der Waals surface area contributed by atoms with Crippen molar-refractivity contribution >= 4 is 63.9 Å². The number of benzene rings is 1. The zero-order valence-electron chi connectivity index (χ0n) is 16.5. The van der Waals surface area contributed by atoms with E-state index in [2.05, 4.69) is 10.3 Å². The highest BCUT2D eigenvalue weighted by Gasteiger charge is 2.34. The van der Waals surface area contributed by atoms with Gasteiger partial charge < -0.3 is 5.32 Å². The quantitative estimate of drug-likeness (QED) is 0.319. The molecule has 166 valence electrons. The van der Waals surface area contributed by atoms with Gasteiger partial charge in [0.2, 0.25) is 5.91 Å². The maximum absolute atomic E-state index is 12.5. The summed E-state index contributed by atoms with van der Waals surface area (Å²) in [6.45, 7) is 0.153. The molecule has 1 aliphatic heterocycles. The summed E-state index contributed by atoms with van der Waals surface area (Å²) in [5.41, 5.74) is 0.967. The minimum atomic E-state index is -0.622. The molecule has 9 nitrogen and oxygen atoms in total. The van der Waals surface area contributed by atoms with Crippen LogP contribution in [0, 0.1) is 10.1 Å². The van der Waals surface area contributed by atoms with E-state index >= 15 is 0 Å². The number of nitrogens with zero attached hydrogens (tertiary/aromatic N) is 3. The van der Waals surface area contributed by atoms with Gasteiger partial charge in [0.1, 0.15) is 5.02 Å². The zero-order valence-corrected chi connectivity index (χ0v) is 18.9. The average Bonchev–Trinajstić information content (AvgIpc) is 3.03. The molecule has 0 atom stereocenters. The Balaban J connectivity index is 1.49. The largest absolute Gasteiger partial charge is 0.354 e. The Kier molecular flexibility index (Phi) is 8.26. The first kappa shape index (κ1) is 23.8. The number of pyridine rings is 1. The van der Waals surface area contributed by atoms with E-state index in [0.717, 1.165) is 22.4 Å². The van der Waals surface area contributed by atoms with E-state index in [9.17, 15) is 24.5 Å². The smallest absolute Gasteiger partial charge is 0.293 e. The highest BCUT2D eigenvalue weighted by atomic mass is 35.5. The summed E-state index contributed by atoms with van der Waals surface area (Å²) in [6, 6.07) is 9.69. The van der Waals surface area contributed by atoms with Crippen LogP contribution in [0.15, 0.2) is 47.5 Å². The number of halogens is 1. The second kappa shape index (κ2) is 11.1.